The van der Waals surface area contributed by atoms with Crippen molar-refractivity contribution in [2.24, 2.45) is 7.05 Å². The number of hydrogen-bond acceptors (Lipinski definition) is 4. The van der Waals surface area contributed by atoms with Gasteiger partial charge in [-0.3, -0.25) is 14.6 Å². The van der Waals surface area contributed by atoms with Crippen LogP contribution in [0.2, 0.25) is 0 Å². The Kier molecular flexibility index (Phi) is 3.44. The first-order chi connectivity index (χ1) is 11.2. The number of hydrogen-bond donors (Lipinski definition) is 1. The van der Waals surface area contributed by atoms with Crippen molar-refractivity contribution < 1.29 is 5.11 Å². The van der Waals surface area contributed by atoms with E-state index in [1.165, 1.54) is 5.56 Å². The quantitative estimate of drug-likeness (QED) is 0.808. The summed E-state index contributed by atoms with van der Waals surface area (Å²) in [7, 11) is 1.89. The van der Waals surface area contributed by atoms with Crippen molar-refractivity contribution in [1.29, 1.82) is 0 Å². The third-order valence-electron chi connectivity index (χ3n) is 4.26. The summed E-state index contributed by atoms with van der Waals surface area (Å²) in [5, 5.41) is 14.6. The Balaban J connectivity index is 1.50. The average molecular weight is 306 g/mol. The van der Waals surface area contributed by atoms with Crippen molar-refractivity contribution in [3.8, 4) is 11.3 Å². The lowest BCUT2D eigenvalue weighted by molar-refractivity contribution is 0.00764. The standard InChI is InChI=1S/C18H18N4O/c1-21-11-15(9-20-21)17-7-6-13(8-19-17)10-22-12-14-4-2-3-5-16(14)18(22)23/h2-9,11,18,23H,10,12H2,1H3. The van der Waals surface area contributed by atoms with E-state index in [0.29, 0.717) is 6.54 Å². The number of pyridine rings is 1. The lowest BCUT2D eigenvalue weighted by Crippen LogP contribution is -2.21. The van der Waals surface area contributed by atoms with Gasteiger partial charge in [-0.1, -0.05) is 30.3 Å². The van der Waals surface area contributed by atoms with Gasteiger partial charge in [0.25, 0.3) is 0 Å². The van der Waals surface area contributed by atoms with Gasteiger partial charge in [-0.05, 0) is 22.8 Å². The highest BCUT2D eigenvalue weighted by atomic mass is 16.3. The summed E-state index contributed by atoms with van der Waals surface area (Å²) >= 11 is 0. The molecule has 0 aliphatic carbocycles. The second kappa shape index (κ2) is 5.61. The molecule has 1 N–H and O–H groups in total. The van der Waals surface area contributed by atoms with E-state index in [0.717, 1.165) is 28.9 Å². The van der Waals surface area contributed by atoms with E-state index in [1.807, 2.05) is 54.8 Å². The Labute approximate surface area is 134 Å². The van der Waals surface area contributed by atoms with Crippen LogP contribution in [0.4, 0.5) is 0 Å². The molecule has 3 aromatic rings. The van der Waals surface area contributed by atoms with E-state index in [4.69, 9.17) is 0 Å². The van der Waals surface area contributed by atoms with Crippen LogP contribution in [0.1, 0.15) is 22.9 Å². The number of aliphatic hydroxyl groups is 1. The normalized spacial score (nSPS) is 17.4. The van der Waals surface area contributed by atoms with Crippen molar-refractivity contribution in [2.75, 3.05) is 0 Å². The molecule has 3 heterocycles. The Bertz CT molecular complexity index is 825. The highest BCUT2D eigenvalue weighted by molar-refractivity contribution is 5.56. The molecule has 0 spiro atoms. The van der Waals surface area contributed by atoms with Gasteiger partial charge < -0.3 is 5.11 Å². The van der Waals surface area contributed by atoms with Crippen LogP contribution in [0.15, 0.2) is 55.0 Å². The summed E-state index contributed by atoms with van der Waals surface area (Å²) in [6.07, 6.45) is 5.09. The molecule has 2 aromatic heterocycles. The fraction of sp³-hybridized carbons (Fsp3) is 0.222. The number of benzene rings is 1. The van der Waals surface area contributed by atoms with E-state index >= 15 is 0 Å². The number of aromatic nitrogens is 3. The largest absolute Gasteiger partial charge is 0.374 e. The molecule has 0 saturated carbocycles. The minimum absolute atomic E-state index is 0.538. The zero-order valence-corrected chi connectivity index (χ0v) is 12.9. The molecular weight excluding hydrogens is 288 g/mol. The van der Waals surface area contributed by atoms with Crippen LogP contribution in [0.5, 0.6) is 0 Å². The minimum Gasteiger partial charge on any atom is -0.374 e. The van der Waals surface area contributed by atoms with E-state index in [-0.39, 0.29) is 0 Å². The molecule has 0 radical (unpaired) electrons. The van der Waals surface area contributed by atoms with Gasteiger partial charge in [0, 0.05) is 38.1 Å². The molecule has 4 rings (SSSR count). The zero-order valence-electron chi connectivity index (χ0n) is 12.9. The third kappa shape index (κ3) is 2.65. The zero-order chi connectivity index (χ0) is 15.8. The molecule has 0 amide bonds. The Hall–Kier alpha value is -2.50. The average Bonchev–Trinajstić information content (AvgIpc) is 3.13. The molecular formula is C18H18N4O. The lowest BCUT2D eigenvalue weighted by Gasteiger charge is -2.20. The van der Waals surface area contributed by atoms with Crippen molar-refractivity contribution in [3.63, 3.8) is 0 Å². The van der Waals surface area contributed by atoms with Crippen LogP contribution in [0, 0.1) is 0 Å². The highest BCUT2D eigenvalue weighted by Crippen LogP contribution is 2.32. The van der Waals surface area contributed by atoms with Gasteiger partial charge >= 0.3 is 0 Å². The Morgan fingerprint density at radius 2 is 2.04 bits per heavy atom. The van der Waals surface area contributed by atoms with Gasteiger partial charge in [0.05, 0.1) is 11.9 Å². The monoisotopic (exact) mass is 306 g/mol. The fourth-order valence-electron chi connectivity index (χ4n) is 3.05. The summed E-state index contributed by atoms with van der Waals surface area (Å²) < 4.78 is 1.77. The minimum atomic E-state index is -0.538. The van der Waals surface area contributed by atoms with Gasteiger partial charge in [-0.2, -0.15) is 5.10 Å². The first kappa shape index (κ1) is 14.1. The molecule has 1 aromatic carbocycles. The van der Waals surface area contributed by atoms with E-state index in [1.54, 1.807) is 4.68 Å². The van der Waals surface area contributed by atoms with Crippen molar-refractivity contribution in [1.82, 2.24) is 19.7 Å². The van der Waals surface area contributed by atoms with Crippen molar-refractivity contribution in [3.05, 3.63) is 71.7 Å². The molecule has 116 valence electrons. The summed E-state index contributed by atoms with van der Waals surface area (Å²) in [4.78, 5) is 6.56. The fourth-order valence-corrected chi connectivity index (χ4v) is 3.05. The predicted octanol–water partition coefficient (Wildman–Crippen LogP) is 2.49. The summed E-state index contributed by atoms with van der Waals surface area (Å²) in [6.45, 7) is 1.44. The molecule has 23 heavy (non-hydrogen) atoms. The van der Waals surface area contributed by atoms with E-state index in [2.05, 4.69) is 22.2 Å². The van der Waals surface area contributed by atoms with Crippen LogP contribution in [-0.2, 0) is 20.1 Å². The molecule has 1 aliphatic rings. The molecule has 5 heteroatoms. The van der Waals surface area contributed by atoms with Crippen molar-refractivity contribution in [2.45, 2.75) is 19.3 Å². The molecule has 0 fully saturated rings. The summed E-state index contributed by atoms with van der Waals surface area (Å²) in [6, 6.07) is 12.1. The van der Waals surface area contributed by atoms with Gasteiger partial charge in [0.2, 0.25) is 0 Å². The van der Waals surface area contributed by atoms with Crippen molar-refractivity contribution >= 4 is 0 Å². The Morgan fingerprint density at radius 1 is 1.17 bits per heavy atom. The van der Waals surface area contributed by atoms with E-state index in [9.17, 15) is 5.11 Å². The molecule has 1 unspecified atom stereocenters. The van der Waals surface area contributed by atoms with E-state index < -0.39 is 6.23 Å². The lowest BCUT2D eigenvalue weighted by atomic mass is 10.1. The topological polar surface area (TPSA) is 54.2 Å². The molecule has 5 nitrogen and oxygen atoms in total. The van der Waals surface area contributed by atoms with Gasteiger partial charge in [-0.15, -0.1) is 0 Å². The molecule has 1 atom stereocenters. The second-order valence-electron chi connectivity index (χ2n) is 5.93. The third-order valence-corrected chi connectivity index (χ3v) is 4.26. The smallest absolute Gasteiger partial charge is 0.134 e. The summed E-state index contributed by atoms with van der Waals surface area (Å²) in [5.74, 6) is 0. The number of rotatable bonds is 3. The van der Waals surface area contributed by atoms with Gasteiger partial charge in [-0.25, -0.2) is 0 Å². The maximum Gasteiger partial charge on any atom is 0.134 e. The number of aliphatic hydroxyl groups excluding tert-OH is 1. The number of fused-ring (bicyclic) bond motifs is 1. The molecule has 0 bridgehead atoms. The number of aryl methyl sites for hydroxylation is 1. The van der Waals surface area contributed by atoms with Crippen LogP contribution in [-0.4, -0.2) is 24.8 Å². The molecule has 0 saturated heterocycles. The van der Waals surface area contributed by atoms with Crippen LogP contribution in [0.3, 0.4) is 0 Å². The summed E-state index contributed by atoms with van der Waals surface area (Å²) in [5.41, 5.74) is 5.21. The molecule has 1 aliphatic heterocycles. The first-order valence-electron chi connectivity index (χ1n) is 7.64. The number of nitrogens with zero attached hydrogens (tertiary/aromatic N) is 4. The van der Waals surface area contributed by atoms with Gasteiger partial charge in [0.15, 0.2) is 0 Å². The second-order valence-corrected chi connectivity index (χ2v) is 5.93. The van der Waals surface area contributed by atoms with Crippen LogP contribution < -0.4 is 0 Å². The van der Waals surface area contributed by atoms with Crippen LogP contribution in [0.25, 0.3) is 11.3 Å². The maximum atomic E-state index is 10.4. The highest BCUT2D eigenvalue weighted by Gasteiger charge is 2.27. The SMILES string of the molecule is Cn1cc(-c2ccc(CN3Cc4ccccc4C3O)cn2)cn1. The maximum absolute atomic E-state index is 10.4. The van der Waals surface area contributed by atoms with Crippen LogP contribution >= 0.6 is 0 Å². The Morgan fingerprint density at radius 3 is 2.74 bits per heavy atom. The first-order valence-corrected chi connectivity index (χ1v) is 7.64. The van der Waals surface area contributed by atoms with Gasteiger partial charge in [0.1, 0.15) is 6.23 Å². The predicted molar refractivity (Wildman–Crippen MR) is 87.1 cm³/mol.